The fourth-order valence-corrected chi connectivity index (χ4v) is 2.40. The van der Waals surface area contributed by atoms with E-state index in [9.17, 15) is 5.11 Å². The zero-order valence-electron chi connectivity index (χ0n) is 14.1. The van der Waals surface area contributed by atoms with Crippen molar-refractivity contribution in [2.75, 3.05) is 20.2 Å². The summed E-state index contributed by atoms with van der Waals surface area (Å²) in [5.41, 5.74) is 1.13. The SMILES string of the molecule is CCCCc1ccc(CCc2ccc(O)c(OCCNC)c2)o1. The van der Waals surface area contributed by atoms with Gasteiger partial charge >= 0.3 is 0 Å². The lowest BCUT2D eigenvalue weighted by Crippen LogP contribution is -2.16. The van der Waals surface area contributed by atoms with Crippen molar-refractivity contribution in [3.05, 3.63) is 47.4 Å². The predicted octanol–water partition coefficient (Wildman–Crippen LogP) is 3.71. The first-order valence-electron chi connectivity index (χ1n) is 8.39. The van der Waals surface area contributed by atoms with E-state index in [0.29, 0.717) is 12.4 Å². The van der Waals surface area contributed by atoms with Crippen LogP contribution in [0.15, 0.2) is 34.7 Å². The highest BCUT2D eigenvalue weighted by Crippen LogP contribution is 2.27. The first-order valence-corrected chi connectivity index (χ1v) is 8.39. The molecule has 1 aromatic heterocycles. The number of likely N-dealkylation sites (N-methyl/N-ethyl adjacent to an activating group) is 1. The smallest absolute Gasteiger partial charge is 0.161 e. The third-order valence-electron chi connectivity index (χ3n) is 3.79. The molecule has 0 radical (unpaired) electrons. The number of ether oxygens (including phenoxy) is 1. The van der Waals surface area contributed by atoms with Gasteiger partial charge in [0.2, 0.25) is 0 Å². The predicted molar refractivity (Wildman–Crippen MR) is 92.3 cm³/mol. The monoisotopic (exact) mass is 317 g/mol. The molecule has 2 aromatic rings. The van der Waals surface area contributed by atoms with E-state index in [1.807, 2.05) is 19.2 Å². The Kier molecular flexibility index (Phi) is 7.01. The lowest BCUT2D eigenvalue weighted by atomic mass is 10.1. The van der Waals surface area contributed by atoms with Gasteiger partial charge in [-0.15, -0.1) is 0 Å². The highest BCUT2D eigenvalue weighted by molar-refractivity contribution is 5.42. The van der Waals surface area contributed by atoms with Gasteiger partial charge < -0.3 is 19.6 Å². The van der Waals surface area contributed by atoms with Gasteiger partial charge in [-0.25, -0.2) is 0 Å². The molecule has 4 heteroatoms. The number of aromatic hydroxyl groups is 1. The quantitative estimate of drug-likeness (QED) is 0.656. The van der Waals surface area contributed by atoms with Crippen molar-refractivity contribution in [2.24, 2.45) is 0 Å². The van der Waals surface area contributed by atoms with Crippen LogP contribution in [0, 0.1) is 0 Å². The van der Waals surface area contributed by atoms with Crippen LogP contribution in [0.3, 0.4) is 0 Å². The molecule has 0 atom stereocenters. The van der Waals surface area contributed by atoms with Crippen molar-refractivity contribution in [3.63, 3.8) is 0 Å². The van der Waals surface area contributed by atoms with Gasteiger partial charge in [-0.1, -0.05) is 19.4 Å². The van der Waals surface area contributed by atoms with Gasteiger partial charge in [-0.2, -0.15) is 0 Å². The van der Waals surface area contributed by atoms with Crippen molar-refractivity contribution in [1.29, 1.82) is 0 Å². The topological polar surface area (TPSA) is 54.6 Å². The average molecular weight is 317 g/mol. The van der Waals surface area contributed by atoms with Crippen LogP contribution in [0.5, 0.6) is 11.5 Å². The Morgan fingerprint density at radius 2 is 1.87 bits per heavy atom. The number of unbranched alkanes of at least 4 members (excludes halogenated alkanes) is 1. The summed E-state index contributed by atoms with van der Waals surface area (Å²) in [7, 11) is 1.87. The molecule has 0 saturated heterocycles. The van der Waals surface area contributed by atoms with E-state index in [1.165, 1.54) is 6.42 Å². The second-order valence-electron chi connectivity index (χ2n) is 5.73. The normalized spacial score (nSPS) is 10.9. The second kappa shape index (κ2) is 9.26. The number of nitrogens with one attached hydrogen (secondary N) is 1. The number of phenols is 1. The summed E-state index contributed by atoms with van der Waals surface area (Å²) in [6, 6.07) is 9.68. The molecule has 0 fully saturated rings. The van der Waals surface area contributed by atoms with Crippen LogP contribution in [-0.2, 0) is 19.3 Å². The number of hydrogen-bond donors (Lipinski definition) is 2. The second-order valence-corrected chi connectivity index (χ2v) is 5.73. The molecular weight excluding hydrogens is 290 g/mol. The molecule has 2 N–H and O–H groups in total. The van der Waals surface area contributed by atoms with Gasteiger partial charge in [0.25, 0.3) is 0 Å². The van der Waals surface area contributed by atoms with Crippen LogP contribution in [0.2, 0.25) is 0 Å². The van der Waals surface area contributed by atoms with Crippen LogP contribution in [0.4, 0.5) is 0 Å². The molecule has 0 spiro atoms. The van der Waals surface area contributed by atoms with Gasteiger partial charge in [-0.05, 0) is 49.7 Å². The molecule has 0 saturated carbocycles. The third kappa shape index (κ3) is 5.64. The Labute approximate surface area is 138 Å². The number of benzene rings is 1. The molecule has 1 heterocycles. The highest BCUT2D eigenvalue weighted by atomic mass is 16.5. The summed E-state index contributed by atoms with van der Waals surface area (Å²) in [5, 5.41) is 12.9. The van der Waals surface area contributed by atoms with Crippen molar-refractivity contribution in [2.45, 2.75) is 39.0 Å². The lowest BCUT2D eigenvalue weighted by Gasteiger charge is -2.09. The first-order chi connectivity index (χ1) is 11.2. The van der Waals surface area contributed by atoms with Gasteiger partial charge in [0.15, 0.2) is 11.5 Å². The summed E-state index contributed by atoms with van der Waals surface area (Å²) < 4.78 is 11.4. The zero-order chi connectivity index (χ0) is 16.5. The number of aryl methyl sites for hydroxylation is 3. The van der Waals surface area contributed by atoms with Crippen LogP contribution < -0.4 is 10.1 Å². The molecule has 0 aliphatic rings. The Balaban J connectivity index is 1.89. The maximum absolute atomic E-state index is 9.84. The van der Waals surface area contributed by atoms with E-state index in [-0.39, 0.29) is 5.75 Å². The molecule has 0 amide bonds. The molecule has 126 valence electrons. The van der Waals surface area contributed by atoms with E-state index < -0.39 is 0 Å². The number of rotatable bonds is 10. The molecule has 23 heavy (non-hydrogen) atoms. The Morgan fingerprint density at radius 1 is 1.09 bits per heavy atom. The van der Waals surface area contributed by atoms with E-state index in [1.54, 1.807) is 6.07 Å². The summed E-state index contributed by atoms with van der Waals surface area (Å²) in [6.07, 6.45) is 5.08. The fraction of sp³-hybridized carbons (Fsp3) is 0.474. The standard InChI is InChI=1S/C19H27NO3/c1-3-4-5-16-9-10-17(23-16)8-6-15-7-11-18(21)19(14-15)22-13-12-20-2/h7,9-11,14,20-21H,3-6,8,12-13H2,1-2H3. The van der Waals surface area contributed by atoms with E-state index >= 15 is 0 Å². The lowest BCUT2D eigenvalue weighted by molar-refractivity contribution is 0.300. The van der Waals surface area contributed by atoms with Gasteiger partial charge in [-0.3, -0.25) is 0 Å². The Morgan fingerprint density at radius 3 is 2.61 bits per heavy atom. The number of furan rings is 1. The van der Waals surface area contributed by atoms with Crippen molar-refractivity contribution < 1.29 is 14.3 Å². The molecule has 1 aromatic carbocycles. The van der Waals surface area contributed by atoms with Gasteiger partial charge in [0.1, 0.15) is 18.1 Å². The summed E-state index contributed by atoms with van der Waals surface area (Å²) in [6.45, 7) is 3.47. The van der Waals surface area contributed by atoms with Gasteiger partial charge in [0, 0.05) is 19.4 Å². The maximum Gasteiger partial charge on any atom is 0.161 e. The van der Waals surface area contributed by atoms with E-state index in [4.69, 9.17) is 9.15 Å². The van der Waals surface area contributed by atoms with E-state index in [2.05, 4.69) is 24.4 Å². The van der Waals surface area contributed by atoms with Crippen LogP contribution in [0.1, 0.15) is 36.8 Å². The van der Waals surface area contributed by atoms with Crippen LogP contribution in [0.25, 0.3) is 0 Å². The molecule has 0 aliphatic carbocycles. The zero-order valence-corrected chi connectivity index (χ0v) is 14.1. The molecule has 0 bridgehead atoms. The minimum Gasteiger partial charge on any atom is -0.504 e. The fourth-order valence-electron chi connectivity index (χ4n) is 2.40. The summed E-state index contributed by atoms with van der Waals surface area (Å²) in [5.74, 6) is 2.82. The maximum atomic E-state index is 9.84. The number of hydrogen-bond acceptors (Lipinski definition) is 4. The average Bonchev–Trinajstić information content (AvgIpc) is 3.01. The summed E-state index contributed by atoms with van der Waals surface area (Å²) in [4.78, 5) is 0. The molecule has 0 unspecified atom stereocenters. The minimum absolute atomic E-state index is 0.185. The van der Waals surface area contributed by atoms with Gasteiger partial charge in [0.05, 0.1) is 0 Å². The van der Waals surface area contributed by atoms with Crippen molar-refractivity contribution in [1.82, 2.24) is 5.32 Å². The highest BCUT2D eigenvalue weighted by Gasteiger charge is 2.06. The summed E-state index contributed by atoms with van der Waals surface area (Å²) >= 11 is 0. The molecule has 0 aliphatic heterocycles. The Hall–Kier alpha value is -1.94. The Bertz CT molecular complexity index is 592. The number of phenolic OH excluding ortho intramolecular Hbond substituents is 1. The van der Waals surface area contributed by atoms with E-state index in [0.717, 1.165) is 49.3 Å². The van der Waals surface area contributed by atoms with Crippen LogP contribution in [-0.4, -0.2) is 25.3 Å². The molecule has 2 rings (SSSR count). The largest absolute Gasteiger partial charge is 0.504 e. The van der Waals surface area contributed by atoms with Crippen molar-refractivity contribution >= 4 is 0 Å². The minimum atomic E-state index is 0.185. The molecular formula is C19H27NO3. The van der Waals surface area contributed by atoms with Crippen LogP contribution >= 0.6 is 0 Å². The third-order valence-corrected chi connectivity index (χ3v) is 3.79. The van der Waals surface area contributed by atoms with Crippen molar-refractivity contribution in [3.8, 4) is 11.5 Å². The molecule has 4 nitrogen and oxygen atoms in total. The first kappa shape index (κ1) is 17.4.